The van der Waals surface area contributed by atoms with E-state index in [0.717, 1.165) is 19.5 Å². The standard InChI is InChI=1S/C15H18N4O3/c20-13(17-10-5-7-16-9-10)6-8-19-12-4-2-1-3-11(12)14(21)18-15(19)22/h1-4,10,16H,5-9H2,(H,17,20)(H,18,21,22). The molecule has 2 aromatic rings. The summed E-state index contributed by atoms with van der Waals surface area (Å²) in [6, 6.07) is 7.05. The van der Waals surface area contributed by atoms with Gasteiger partial charge in [-0.2, -0.15) is 0 Å². The molecular formula is C15H18N4O3. The average Bonchev–Trinajstić information content (AvgIpc) is 3.00. The van der Waals surface area contributed by atoms with Gasteiger partial charge in [-0.15, -0.1) is 0 Å². The molecule has 1 aromatic heterocycles. The highest BCUT2D eigenvalue weighted by Gasteiger charge is 2.16. The third-order valence-corrected chi connectivity index (χ3v) is 3.89. The van der Waals surface area contributed by atoms with Crippen LogP contribution in [0.25, 0.3) is 10.9 Å². The predicted molar refractivity (Wildman–Crippen MR) is 82.9 cm³/mol. The van der Waals surface area contributed by atoms with Crippen molar-refractivity contribution in [2.75, 3.05) is 13.1 Å². The fraction of sp³-hybridized carbons (Fsp3) is 0.400. The molecule has 1 atom stereocenters. The van der Waals surface area contributed by atoms with Gasteiger partial charge < -0.3 is 10.6 Å². The monoisotopic (exact) mass is 302 g/mol. The Morgan fingerprint density at radius 2 is 2.14 bits per heavy atom. The van der Waals surface area contributed by atoms with E-state index in [1.807, 2.05) is 0 Å². The molecule has 0 spiro atoms. The molecule has 7 heteroatoms. The van der Waals surface area contributed by atoms with Gasteiger partial charge in [-0.3, -0.25) is 19.1 Å². The summed E-state index contributed by atoms with van der Waals surface area (Å²) < 4.78 is 1.43. The van der Waals surface area contributed by atoms with E-state index >= 15 is 0 Å². The van der Waals surface area contributed by atoms with Crippen molar-refractivity contribution < 1.29 is 4.79 Å². The number of hydrogen-bond acceptors (Lipinski definition) is 4. The van der Waals surface area contributed by atoms with Crippen molar-refractivity contribution in [3.63, 3.8) is 0 Å². The molecule has 1 saturated heterocycles. The van der Waals surface area contributed by atoms with Gasteiger partial charge in [0.15, 0.2) is 0 Å². The second kappa shape index (κ2) is 6.15. The fourth-order valence-electron chi connectivity index (χ4n) is 2.76. The largest absolute Gasteiger partial charge is 0.352 e. The number of nitrogens with one attached hydrogen (secondary N) is 3. The van der Waals surface area contributed by atoms with Crippen molar-refractivity contribution in [1.29, 1.82) is 0 Å². The molecule has 1 fully saturated rings. The van der Waals surface area contributed by atoms with Gasteiger partial charge in [0.25, 0.3) is 5.56 Å². The number of aromatic amines is 1. The van der Waals surface area contributed by atoms with E-state index in [0.29, 0.717) is 10.9 Å². The average molecular weight is 302 g/mol. The molecule has 1 aliphatic rings. The summed E-state index contributed by atoms with van der Waals surface area (Å²) in [6.45, 7) is 1.93. The van der Waals surface area contributed by atoms with E-state index in [1.54, 1.807) is 24.3 Å². The second-order valence-corrected chi connectivity index (χ2v) is 5.44. The number of rotatable bonds is 4. The highest BCUT2D eigenvalue weighted by molar-refractivity contribution is 5.79. The van der Waals surface area contributed by atoms with Crippen molar-refractivity contribution in [2.24, 2.45) is 0 Å². The second-order valence-electron chi connectivity index (χ2n) is 5.44. The number of amides is 1. The first-order chi connectivity index (χ1) is 10.6. The quantitative estimate of drug-likeness (QED) is 0.713. The Balaban J connectivity index is 1.77. The minimum Gasteiger partial charge on any atom is -0.352 e. The molecule has 1 aromatic carbocycles. The Labute approximate surface area is 126 Å². The van der Waals surface area contributed by atoms with Crippen molar-refractivity contribution in [3.05, 3.63) is 45.1 Å². The summed E-state index contributed by atoms with van der Waals surface area (Å²) in [7, 11) is 0. The first-order valence-electron chi connectivity index (χ1n) is 7.37. The number of aryl methyl sites for hydroxylation is 1. The molecule has 3 rings (SSSR count). The molecule has 1 aliphatic heterocycles. The smallest absolute Gasteiger partial charge is 0.328 e. The van der Waals surface area contributed by atoms with Crippen molar-refractivity contribution in [1.82, 2.24) is 20.2 Å². The lowest BCUT2D eigenvalue weighted by Gasteiger charge is -2.12. The van der Waals surface area contributed by atoms with Crippen LogP contribution in [0.2, 0.25) is 0 Å². The highest BCUT2D eigenvalue weighted by atomic mass is 16.2. The summed E-state index contributed by atoms with van der Waals surface area (Å²) in [5.74, 6) is -0.0871. The maximum Gasteiger partial charge on any atom is 0.328 e. The van der Waals surface area contributed by atoms with E-state index in [1.165, 1.54) is 4.57 Å². The third-order valence-electron chi connectivity index (χ3n) is 3.89. The number of aromatic nitrogens is 2. The zero-order valence-corrected chi connectivity index (χ0v) is 12.1. The number of nitrogens with zero attached hydrogens (tertiary/aromatic N) is 1. The minimum atomic E-state index is -0.487. The molecule has 0 aliphatic carbocycles. The van der Waals surface area contributed by atoms with E-state index in [4.69, 9.17) is 0 Å². The Kier molecular flexibility index (Phi) is 4.06. The van der Waals surface area contributed by atoms with E-state index < -0.39 is 11.2 Å². The normalized spacial score (nSPS) is 17.7. The Morgan fingerprint density at radius 3 is 2.91 bits per heavy atom. The van der Waals surface area contributed by atoms with Gasteiger partial charge >= 0.3 is 5.69 Å². The zero-order chi connectivity index (χ0) is 15.5. The number of fused-ring (bicyclic) bond motifs is 1. The van der Waals surface area contributed by atoms with Crippen LogP contribution in [0.15, 0.2) is 33.9 Å². The van der Waals surface area contributed by atoms with Gasteiger partial charge in [-0.25, -0.2) is 4.79 Å². The number of carbonyl (C=O) groups is 1. The van der Waals surface area contributed by atoms with Crippen LogP contribution >= 0.6 is 0 Å². The summed E-state index contributed by atoms with van der Waals surface area (Å²) in [5.41, 5.74) is -0.344. The lowest BCUT2D eigenvalue weighted by atomic mass is 10.2. The van der Waals surface area contributed by atoms with Gasteiger partial charge in [0.05, 0.1) is 10.9 Å². The van der Waals surface area contributed by atoms with Gasteiger partial charge in [-0.05, 0) is 25.1 Å². The molecule has 0 bridgehead atoms. The number of para-hydroxylation sites is 1. The maximum absolute atomic E-state index is 12.0. The number of H-pyrrole nitrogens is 1. The molecule has 3 N–H and O–H groups in total. The Bertz CT molecular complexity index is 802. The van der Waals surface area contributed by atoms with Crippen LogP contribution in [-0.2, 0) is 11.3 Å². The lowest BCUT2D eigenvalue weighted by Crippen LogP contribution is -2.37. The summed E-state index contributed by atoms with van der Waals surface area (Å²) in [5, 5.41) is 6.57. The number of hydrogen-bond donors (Lipinski definition) is 3. The Morgan fingerprint density at radius 1 is 1.32 bits per heavy atom. The predicted octanol–water partition coefficient (Wildman–Crippen LogP) is -0.442. The van der Waals surface area contributed by atoms with E-state index in [2.05, 4.69) is 15.6 Å². The van der Waals surface area contributed by atoms with E-state index in [-0.39, 0.29) is 24.9 Å². The fourth-order valence-corrected chi connectivity index (χ4v) is 2.76. The van der Waals surface area contributed by atoms with Crippen LogP contribution < -0.4 is 21.9 Å². The minimum absolute atomic E-state index is 0.0871. The van der Waals surface area contributed by atoms with Crippen molar-refractivity contribution >= 4 is 16.8 Å². The molecule has 7 nitrogen and oxygen atoms in total. The SMILES string of the molecule is O=C(CCn1c(=O)[nH]c(=O)c2ccccc21)NC1CCNC1. The summed E-state index contributed by atoms with van der Waals surface area (Å²) >= 11 is 0. The van der Waals surface area contributed by atoms with Crippen LogP contribution in [0.1, 0.15) is 12.8 Å². The Hall–Kier alpha value is -2.41. The van der Waals surface area contributed by atoms with Gasteiger partial charge in [-0.1, -0.05) is 12.1 Å². The van der Waals surface area contributed by atoms with Gasteiger partial charge in [0.2, 0.25) is 5.91 Å². The highest BCUT2D eigenvalue weighted by Crippen LogP contribution is 2.07. The molecule has 0 radical (unpaired) electrons. The van der Waals surface area contributed by atoms with Gasteiger partial charge in [0, 0.05) is 25.6 Å². The van der Waals surface area contributed by atoms with Crippen LogP contribution in [0.4, 0.5) is 0 Å². The zero-order valence-electron chi connectivity index (χ0n) is 12.1. The summed E-state index contributed by atoms with van der Waals surface area (Å²) in [4.78, 5) is 38.0. The van der Waals surface area contributed by atoms with Crippen LogP contribution in [0.3, 0.4) is 0 Å². The van der Waals surface area contributed by atoms with E-state index in [9.17, 15) is 14.4 Å². The molecule has 22 heavy (non-hydrogen) atoms. The third kappa shape index (κ3) is 2.94. The first kappa shape index (κ1) is 14.5. The first-order valence-corrected chi connectivity index (χ1v) is 7.37. The lowest BCUT2D eigenvalue weighted by molar-refractivity contribution is -0.121. The summed E-state index contributed by atoms with van der Waals surface area (Å²) in [6.07, 6.45) is 1.12. The van der Waals surface area contributed by atoms with Crippen molar-refractivity contribution in [3.8, 4) is 0 Å². The van der Waals surface area contributed by atoms with Crippen molar-refractivity contribution in [2.45, 2.75) is 25.4 Å². The topological polar surface area (TPSA) is 96.0 Å². The molecule has 116 valence electrons. The molecule has 2 heterocycles. The van der Waals surface area contributed by atoms with Crippen LogP contribution in [0.5, 0.6) is 0 Å². The van der Waals surface area contributed by atoms with Gasteiger partial charge in [0.1, 0.15) is 0 Å². The number of carbonyl (C=O) groups excluding carboxylic acids is 1. The van der Waals surface area contributed by atoms with Crippen LogP contribution in [0, 0.1) is 0 Å². The molecule has 0 saturated carbocycles. The molecular weight excluding hydrogens is 284 g/mol. The molecule has 1 unspecified atom stereocenters. The maximum atomic E-state index is 12.0. The van der Waals surface area contributed by atoms with Crippen LogP contribution in [-0.4, -0.2) is 34.6 Å². The number of benzene rings is 1. The molecule has 1 amide bonds.